The molecule has 4 nitrogen and oxygen atoms in total. The Morgan fingerprint density at radius 1 is 0.531 bits per heavy atom. The molecule has 0 aromatic rings. The van der Waals surface area contributed by atoms with Crippen molar-refractivity contribution in [2.75, 3.05) is 12.4 Å². The molecule has 2 N–H and O–H groups in total. The Labute approximate surface area is 164 Å². The maximum absolute atomic E-state index is 13.3. The van der Waals surface area contributed by atoms with E-state index in [0.717, 1.165) is 0 Å². The summed E-state index contributed by atoms with van der Waals surface area (Å²) in [7, 11) is -6.00. The van der Waals surface area contributed by atoms with Crippen LogP contribution in [0.25, 0.3) is 0 Å². The van der Waals surface area contributed by atoms with Crippen LogP contribution >= 0.6 is 0 Å². The minimum absolute atomic E-state index is 0.748. The van der Waals surface area contributed by atoms with Crippen LogP contribution in [0.1, 0.15) is 0 Å². The van der Waals surface area contributed by atoms with E-state index in [-0.39, 0.29) is 0 Å². The number of rotatable bonds is 10. The molecule has 0 saturated heterocycles. The summed E-state index contributed by atoms with van der Waals surface area (Å²) in [6, 6.07) is -7.27. The second-order valence-electron chi connectivity index (χ2n) is 5.66. The van der Waals surface area contributed by atoms with Gasteiger partial charge in [-0.05, 0) is 0 Å². The van der Waals surface area contributed by atoms with E-state index in [2.05, 4.69) is 0 Å². The first-order valence-corrected chi connectivity index (χ1v) is 8.51. The van der Waals surface area contributed by atoms with Crippen molar-refractivity contribution < 1.29 is 88.2 Å². The van der Waals surface area contributed by atoms with Gasteiger partial charge in [0.05, 0.1) is 12.4 Å². The Balaban J connectivity index is 6.72. The SMILES string of the molecule is O=S(=O)(CCO)NC(F)(F)C(F)(F)C(F)(F)C(F)(F)C(F)(F)C(F)(F)C(F)(F)C(F)(F)F. The molecular weight excluding hydrogens is 537 g/mol. The number of hydrogen-bond acceptors (Lipinski definition) is 3. The Kier molecular flexibility index (Phi) is 7.55. The third-order valence-electron chi connectivity index (χ3n) is 3.37. The van der Waals surface area contributed by atoms with Gasteiger partial charge in [0.1, 0.15) is 0 Å². The van der Waals surface area contributed by atoms with Gasteiger partial charge in [0.15, 0.2) is 0 Å². The van der Waals surface area contributed by atoms with Crippen molar-refractivity contribution in [1.29, 1.82) is 0 Å². The van der Waals surface area contributed by atoms with Crippen molar-refractivity contribution >= 4 is 10.0 Å². The van der Waals surface area contributed by atoms with Crippen molar-refractivity contribution in [3.63, 3.8) is 0 Å². The molecule has 0 aromatic heterocycles. The molecule has 0 bridgehead atoms. The van der Waals surface area contributed by atoms with Crippen LogP contribution in [-0.4, -0.2) is 73.6 Å². The third-order valence-corrected chi connectivity index (χ3v) is 4.65. The van der Waals surface area contributed by atoms with Gasteiger partial charge in [0.2, 0.25) is 10.0 Å². The third kappa shape index (κ3) is 4.28. The molecule has 32 heavy (non-hydrogen) atoms. The molecule has 0 heterocycles. The maximum atomic E-state index is 13.3. The molecule has 194 valence electrons. The quantitative estimate of drug-likeness (QED) is 0.325. The molecule has 0 aliphatic heterocycles. The fourth-order valence-corrected chi connectivity index (χ4v) is 2.46. The van der Waals surface area contributed by atoms with E-state index in [9.17, 15) is 83.1 Å². The highest BCUT2D eigenvalue weighted by atomic mass is 32.2. The Morgan fingerprint density at radius 3 is 1.09 bits per heavy atom. The van der Waals surface area contributed by atoms with Crippen LogP contribution in [0.5, 0.6) is 0 Å². The molecular formula is C10H6F17NO3S. The van der Waals surface area contributed by atoms with Gasteiger partial charge in [0, 0.05) is 0 Å². The Morgan fingerprint density at radius 2 is 0.812 bits per heavy atom. The molecule has 0 spiro atoms. The topological polar surface area (TPSA) is 66.4 Å². The predicted molar refractivity (Wildman–Crippen MR) is 64.7 cm³/mol. The van der Waals surface area contributed by atoms with Crippen LogP contribution < -0.4 is 4.72 Å². The lowest BCUT2D eigenvalue weighted by Gasteiger charge is -2.42. The zero-order valence-electron chi connectivity index (χ0n) is 14.0. The zero-order chi connectivity index (χ0) is 26.6. The van der Waals surface area contributed by atoms with Crippen LogP contribution in [0.3, 0.4) is 0 Å². The monoisotopic (exact) mass is 543 g/mol. The van der Waals surface area contributed by atoms with E-state index in [1.807, 2.05) is 0 Å². The molecule has 0 unspecified atom stereocenters. The summed E-state index contributed by atoms with van der Waals surface area (Å²) in [6.07, 6.45) is -7.86. The van der Waals surface area contributed by atoms with Crippen molar-refractivity contribution in [3.8, 4) is 0 Å². The van der Waals surface area contributed by atoms with Gasteiger partial charge in [-0.15, -0.1) is 4.72 Å². The second kappa shape index (κ2) is 7.87. The molecule has 0 radical (unpaired) electrons. The van der Waals surface area contributed by atoms with Crippen LogP contribution in [0.15, 0.2) is 0 Å². The predicted octanol–water partition coefficient (Wildman–Crippen LogP) is 3.87. The highest BCUT2D eigenvalue weighted by molar-refractivity contribution is 7.89. The van der Waals surface area contributed by atoms with Crippen LogP contribution in [0, 0.1) is 0 Å². The summed E-state index contributed by atoms with van der Waals surface area (Å²) in [4.78, 5) is 0. The first kappa shape index (κ1) is 30.7. The number of aliphatic hydroxyl groups excluding tert-OH is 1. The number of hydrogen-bond donors (Lipinski definition) is 2. The molecule has 0 amide bonds. The van der Waals surface area contributed by atoms with Crippen LogP contribution in [0.2, 0.25) is 0 Å². The minimum atomic E-state index is -8.80. The van der Waals surface area contributed by atoms with Crippen LogP contribution in [0.4, 0.5) is 74.6 Å². The molecule has 0 aliphatic carbocycles. The molecule has 0 fully saturated rings. The lowest BCUT2D eigenvalue weighted by molar-refractivity contribution is -0.462. The normalized spacial score (nSPS) is 16.4. The van der Waals surface area contributed by atoms with Gasteiger partial charge in [-0.2, -0.15) is 74.6 Å². The molecule has 0 atom stereocenters. The number of sulfonamides is 1. The minimum Gasteiger partial charge on any atom is -0.395 e. The number of aliphatic hydroxyl groups is 1. The fourth-order valence-electron chi connectivity index (χ4n) is 1.59. The smallest absolute Gasteiger partial charge is 0.395 e. The summed E-state index contributed by atoms with van der Waals surface area (Å²) < 4.78 is 240. The summed E-state index contributed by atoms with van der Waals surface area (Å²) in [5, 5.41) is 8.16. The summed E-state index contributed by atoms with van der Waals surface area (Å²) >= 11 is 0. The average Bonchev–Trinajstić information content (AvgIpc) is 2.51. The average molecular weight is 543 g/mol. The van der Waals surface area contributed by atoms with E-state index in [0.29, 0.717) is 0 Å². The van der Waals surface area contributed by atoms with Gasteiger partial charge in [-0.3, -0.25) is 0 Å². The second-order valence-corrected chi connectivity index (χ2v) is 7.50. The standard InChI is InChI=1S/C10H6F17NO3S/c11-3(12,5(15,16)7(19,20)9(23,24)25)4(13,14)6(17,18)8(21,22)10(26,27)28-32(30,31)2-1-29/h28-29H,1-2H2. The fraction of sp³-hybridized carbons (Fsp3) is 1.00. The van der Waals surface area contributed by atoms with Crippen molar-refractivity contribution in [2.45, 2.75) is 47.8 Å². The van der Waals surface area contributed by atoms with Gasteiger partial charge in [-0.25, -0.2) is 8.42 Å². The maximum Gasteiger partial charge on any atom is 0.460 e. The van der Waals surface area contributed by atoms with Gasteiger partial charge >= 0.3 is 47.8 Å². The van der Waals surface area contributed by atoms with Gasteiger partial charge < -0.3 is 5.11 Å². The van der Waals surface area contributed by atoms with Gasteiger partial charge in [-0.1, -0.05) is 0 Å². The first-order chi connectivity index (χ1) is 13.5. The highest BCUT2D eigenvalue weighted by Gasteiger charge is 2.95. The lowest BCUT2D eigenvalue weighted by atomic mass is 9.90. The lowest BCUT2D eigenvalue weighted by Crippen LogP contribution is -2.75. The molecule has 22 heteroatoms. The molecule has 0 saturated carbocycles. The Hall–Kier alpha value is -1.32. The first-order valence-electron chi connectivity index (χ1n) is 6.86. The van der Waals surface area contributed by atoms with E-state index in [1.165, 1.54) is 0 Å². The number of alkyl halides is 17. The number of nitrogens with one attached hydrogen (secondary N) is 1. The largest absolute Gasteiger partial charge is 0.460 e. The van der Waals surface area contributed by atoms with Gasteiger partial charge in [0.25, 0.3) is 0 Å². The summed E-state index contributed by atoms with van der Waals surface area (Å²) in [6.45, 7) is -1.71. The summed E-state index contributed by atoms with van der Waals surface area (Å²) in [5.74, 6) is -53.3. The molecule has 0 aliphatic rings. The van der Waals surface area contributed by atoms with Crippen LogP contribution in [-0.2, 0) is 10.0 Å². The van der Waals surface area contributed by atoms with E-state index < -0.39 is 74.9 Å². The number of halogens is 17. The van der Waals surface area contributed by atoms with E-state index in [1.54, 1.807) is 0 Å². The summed E-state index contributed by atoms with van der Waals surface area (Å²) in [5.41, 5.74) is 0. The molecule has 0 rings (SSSR count). The van der Waals surface area contributed by atoms with E-state index in [4.69, 9.17) is 5.11 Å². The van der Waals surface area contributed by atoms with Crippen molar-refractivity contribution in [3.05, 3.63) is 0 Å². The van der Waals surface area contributed by atoms with E-state index >= 15 is 0 Å². The highest BCUT2D eigenvalue weighted by Crippen LogP contribution is 2.63. The zero-order valence-corrected chi connectivity index (χ0v) is 14.8. The van der Waals surface area contributed by atoms with Crippen molar-refractivity contribution in [1.82, 2.24) is 4.72 Å². The van der Waals surface area contributed by atoms with Crippen molar-refractivity contribution in [2.24, 2.45) is 0 Å². The molecule has 0 aromatic carbocycles. The Bertz CT molecular complexity index is 787.